The predicted molar refractivity (Wildman–Crippen MR) is 119 cm³/mol. The number of likely N-dealkylation sites (tertiary alicyclic amines) is 1. The summed E-state index contributed by atoms with van der Waals surface area (Å²) in [5.41, 5.74) is 4.19. The maximum atomic E-state index is 12.4. The Bertz CT molecular complexity index is 1060. The molecule has 1 fully saturated rings. The van der Waals surface area contributed by atoms with Gasteiger partial charge in [0.2, 0.25) is 11.8 Å². The van der Waals surface area contributed by atoms with Crippen LogP contribution in [0.5, 0.6) is 0 Å². The lowest BCUT2D eigenvalue weighted by atomic mass is 10.1. The highest BCUT2D eigenvalue weighted by Gasteiger charge is 2.20. The second kappa shape index (κ2) is 9.34. The van der Waals surface area contributed by atoms with Gasteiger partial charge in [-0.25, -0.2) is 4.98 Å². The third-order valence-electron chi connectivity index (χ3n) is 5.29. The smallest absolute Gasteiger partial charge is 0.230 e. The lowest BCUT2D eigenvalue weighted by molar-refractivity contribution is -0.128. The molecule has 30 heavy (non-hydrogen) atoms. The Morgan fingerprint density at radius 2 is 2.00 bits per heavy atom. The van der Waals surface area contributed by atoms with Crippen molar-refractivity contribution >= 4 is 34.6 Å². The maximum absolute atomic E-state index is 12.4. The van der Waals surface area contributed by atoms with Gasteiger partial charge in [0, 0.05) is 32.6 Å². The van der Waals surface area contributed by atoms with E-state index in [1.165, 1.54) is 11.8 Å². The molecular weight excluding hydrogens is 396 g/mol. The van der Waals surface area contributed by atoms with Gasteiger partial charge in [-0.05, 0) is 36.6 Å². The van der Waals surface area contributed by atoms with Crippen LogP contribution in [0.15, 0.2) is 53.7 Å². The van der Waals surface area contributed by atoms with Crippen LogP contribution < -0.4 is 5.32 Å². The summed E-state index contributed by atoms with van der Waals surface area (Å²) in [5.74, 6) is 0.532. The minimum absolute atomic E-state index is 0.0187. The molecule has 0 unspecified atom stereocenters. The van der Waals surface area contributed by atoms with Crippen LogP contribution in [0.2, 0.25) is 0 Å². The van der Waals surface area contributed by atoms with Gasteiger partial charge < -0.3 is 14.8 Å². The summed E-state index contributed by atoms with van der Waals surface area (Å²) < 4.78 is 2.14. The number of hydrogen-bond acceptors (Lipinski definition) is 4. The van der Waals surface area contributed by atoms with Crippen molar-refractivity contribution in [1.82, 2.24) is 19.8 Å². The van der Waals surface area contributed by atoms with Crippen LogP contribution in [0.3, 0.4) is 0 Å². The van der Waals surface area contributed by atoms with Crippen molar-refractivity contribution in [1.29, 1.82) is 0 Å². The van der Waals surface area contributed by atoms with Gasteiger partial charge >= 0.3 is 0 Å². The van der Waals surface area contributed by atoms with Gasteiger partial charge in [-0.1, -0.05) is 48.2 Å². The molecule has 1 aliphatic heterocycles. The number of benzene rings is 2. The molecule has 156 valence electrons. The van der Waals surface area contributed by atoms with Gasteiger partial charge in [0.25, 0.3) is 0 Å². The van der Waals surface area contributed by atoms with Crippen LogP contribution in [0, 0.1) is 0 Å². The van der Waals surface area contributed by atoms with Gasteiger partial charge in [-0.3, -0.25) is 9.59 Å². The summed E-state index contributed by atoms with van der Waals surface area (Å²) in [5, 5.41) is 3.86. The van der Waals surface area contributed by atoms with Crippen LogP contribution in [-0.4, -0.2) is 38.6 Å². The number of carbonyl (C=O) groups excluding carboxylic acids is 2. The van der Waals surface area contributed by atoms with E-state index in [1.54, 1.807) is 0 Å². The van der Waals surface area contributed by atoms with Gasteiger partial charge in [0.05, 0.1) is 16.8 Å². The van der Waals surface area contributed by atoms with Crippen molar-refractivity contribution in [3.05, 3.63) is 59.7 Å². The summed E-state index contributed by atoms with van der Waals surface area (Å²) in [6, 6.07) is 16.1. The van der Waals surface area contributed by atoms with Gasteiger partial charge in [-0.2, -0.15) is 0 Å². The normalized spacial score (nSPS) is 13.9. The maximum Gasteiger partial charge on any atom is 0.230 e. The highest BCUT2D eigenvalue weighted by atomic mass is 32.2. The largest absolute Gasteiger partial charge is 0.351 e. The molecule has 0 saturated carbocycles. The van der Waals surface area contributed by atoms with Crippen molar-refractivity contribution in [3.8, 4) is 0 Å². The van der Waals surface area contributed by atoms with Gasteiger partial charge in [0.1, 0.15) is 0 Å². The number of thioether (sulfide) groups is 1. The van der Waals surface area contributed by atoms with Crippen molar-refractivity contribution in [3.63, 3.8) is 0 Å². The molecule has 2 aromatic carbocycles. The Morgan fingerprint density at radius 1 is 1.17 bits per heavy atom. The van der Waals surface area contributed by atoms with Gasteiger partial charge in [-0.15, -0.1) is 0 Å². The lowest BCUT2D eigenvalue weighted by Gasteiger charge is -2.16. The molecule has 1 aliphatic rings. The van der Waals surface area contributed by atoms with E-state index in [4.69, 9.17) is 0 Å². The summed E-state index contributed by atoms with van der Waals surface area (Å²) in [7, 11) is 0. The molecule has 2 heterocycles. The fourth-order valence-electron chi connectivity index (χ4n) is 3.78. The van der Waals surface area contributed by atoms with E-state index in [0.717, 1.165) is 46.8 Å². The molecule has 0 atom stereocenters. The molecule has 1 saturated heterocycles. The van der Waals surface area contributed by atoms with Crippen molar-refractivity contribution in [2.24, 2.45) is 0 Å². The van der Waals surface area contributed by atoms with Crippen LogP contribution in [0.25, 0.3) is 11.0 Å². The number of aryl methyl sites for hydroxylation is 1. The molecular formula is C23H26N4O2S. The number of aromatic nitrogens is 2. The topological polar surface area (TPSA) is 67.2 Å². The Hall–Kier alpha value is -2.80. The molecule has 6 nitrogen and oxygen atoms in total. The standard InChI is InChI=1S/C23H26N4O2S/c1-2-27-20-10-4-3-9-19(20)25-23(27)30-16-21(28)24-14-17-7-5-8-18(13-17)15-26-12-6-11-22(26)29/h3-5,7-10,13H,2,6,11-12,14-16H2,1H3,(H,24,28). The Balaban J connectivity index is 1.31. The third-order valence-corrected chi connectivity index (χ3v) is 6.27. The number of carbonyl (C=O) groups is 2. The minimum Gasteiger partial charge on any atom is -0.351 e. The van der Waals surface area contributed by atoms with E-state index in [1.807, 2.05) is 41.3 Å². The third kappa shape index (κ3) is 4.67. The fraction of sp³-hybridized carbons (Fsp3) is 0.348. The zero-order valence-corrected chi connectivity index (χ0v) is 18.0. The zero-order valence-electron chi connectivity index (χ0n) is 17.1. The Morgan fingerprint density at radius 3 is 2.80 bits per heavy atom. The zero-order chi connectivity index (χ0) is 20.9. The first kappa shape index (κ1) is 20.5. The molecule has 1 N–H and O–H groups in total. The summed E-state index contributed by atoms with van der Waals surface area (Å²) in [6.07, 6.45) is 1.59. The SMILES string of the molecule is CCn1c(SCC(=O)NCc2cccc(CN3CCCC3=O)c2)nc2ccccc21. The molecule has 1 aromatic heterocycles. The summed E-state index contributed by atoms with van der Waals surface area (Å²) >= 11 is 1.46. The highest BCUT2D eigenvalue weighted by molar-refractivity contribution is 7.99. The van der Waals surface area contributed by atoms with E-state index < -0.39 is 0 Å². The molecule has 2 amide bonds. The van der Waals surface area contributed by atoms with E-state index in [2.05, 4.69) is 33.9 Å². The summed E-state index contributed by atoms with van der Waals surface area (Å²) in [6.45, 7) is 4.85. The Kier molecular flexibility index (Phi) is 6.38. The monoisotopic (exact) mass is 422 g/mol. The van der Waals surface area contributed by atoms with Crippen LogP contribution in [-0.2, 0) is 29.2 Å². The second-order valence-electron chi connectivity index (χ2n) is 7.43. The minimum atomic E-state index is -0.0187. The number of fused-ring (bicyclic) bond motifs is 1. The predicted octanol–water partition coefficient (Wildman–Crippen LogP) is 3.59. The molecule has 0 bridgehead atoms. The van der Waals surface area contributed by atoms with E-state index in [0.29, 0.717) is 25.3 Å². The first-order valence-corrected chi connectivity index (χ1v) is 11.3. The lowest BCUT2D eigenvalue weighted by Crippen LogP contribution is -2.25. The summed E-state index contributed by atoms with van der Waals surface area (Å²) in [4.78, 5) is 30.8. The van der Waals surface area contributed by atoms with Crippen LogP contribution in [0.1, 0.15) is 30.9 Å². The number of rotatable bonds is 8. The average molecular weight is 423 g/mol. The molecule has 3 aromatic rings. The van der Waals surface area contributed by atoms with Crippen LogP contribution >= 0.6 is 11.8 Å². The number of amides is 2. The van der Waals surface area contributed by atoms with E-state index >= 15 is 0 Å². The van der Waals surface area contributed by atoms with Crippen molar-refractivity contribution in [2.45, 2.75) is 44.6 Å². The number of imidazole rings is 1. The molecule has 0 aliphatic carbocycles. The van der Waals surface area contributed by atoms with Crippen LogP contribution in [0.4, 0.5) is 0 Å². The first-order valence-electron chi connectivity index (χ1n) is 10.3. The second-order valence-corrected chi connectivity index (χ2v) is 8.37. The molecule has 7 heteroatoms. The van der Waals surface area contributed by atoms with Gasteiger partial charge in [0.15, 0.2) is 5.16 Å². The number of para-hydroxylation sites is 2. The molecule has 4 rings (SSSR count). The van der Waals surface area contributed by atoms with Crippen molar-refractivity contribution in [2.75, 3.05) is 12.3 Å². The fourth-order valence-corrected chi connectivity index (χ4v) is 4.69. The van der Waals surface area contributed by atoms with E-state index in [-0.39, 0.29) is 11.8 Å². The number of nitrogens with one attached hydrogen (secondary N) is 1. The molecule has 0 spiro atoms. The Labute approximate surface area is 180 Å². The quantitative estimate of drug-likeness (QED) is 0.564. The average Bonchev–Trinajstić information content (AvgIpc) is 3.33. The molecule has 0 radical (unpaired) electrons. The first-order chi connectivity index (χ1) is 14.6. The van der Waals surface area contributed by atoms with Crippen molar-refractivity contribution < 1.29 is 9.59 Å². The van der Waals surface area contributed by atoms with E-state index in [9.17, 15) is 9.59 Å². The number of hydrogen-bond donors (Lipinski definition) is 1. The number of nitrogens with zero attached hydrogens (tertiary/aromatic N) is 3. The highest BCUT2D eigenvalue weighted by Crippen LogP contribution is 2.23.